The predicted octanol–water partition coefficient (Wildman–Crippen LogP) is 4.18. The van der Waals surface area contributed by atoms with E-state index >= 15 is 0 Å². The predicted molar refractivity (Wildman–Crippen MR) is 109 cm³/mol. The Morgan fingerprint density at radius 3 is 2.44 bits per heavy atom. The number of nitrogens with zero attached hydrogens (tertiary/aromatic N) is 1. The Kier molecular flexibility index (Phi) is 5.29. The number of carbonyl (C=O) groups excluding carboxylic acids is 1. The molecule has 0 saturated carbocycles. The van der Waals surface area contributed by atoms with Gasteiger partial charge >= 0.3 is 0 Å². The second-order valence-corrected chi connectivity index (χ2v) is 8.93. The molecule has 2 aromatic carbocycles. The first kappa shape index (κ1) is 19.4. The van der Waals surface area contributed by atoms with Crippen LogP contribution in [0.15, 0.2) is 36.4 Å². The van der Waals surface area contributed by atoms with E-state index in [1.165, 1.54) is 0 Å². The average Bonchev–Trinajstić information content (AvgIpc) is 2.92. The fourth-order valence-electron chi connectivity index (χ4n) is 3.86. The third kappa shape index (κ3) is 4.00. The van der Waals surface area contributed by atoms with E-state index in [1.54, 1.807) is 6.07 Å². The van der Waals surface area contributed by atoms with E-state index < -0.39 is 10.0 Å². The van der Waals surface area contributed by atoms with Crippen LogP contribution in [0.4, 0.5) is 5.69 Å². The van der Waals surface area contributed by atoms with Crippen LogP contribution in [-0.4, -0.2) is 31.5 Å². The molecule has 0 fully saturated rings. The largest absolute Gasteiger partial charge is 0.331 e. The molecule has 0 spiro atoms. The number of hydrogen-bond donors (Lipinski definition) is 1. The van der Waals surface area contributed by atoms with Gasteiger partial charge in [0.05, 0.1) is 6.26 Å². The Hall–Kier alpha value is -2.34. The number of benzene rings is 2. The minimum Gasteiger partial charge on any atom is -0.331 e. The summed E-state index contributed by atoms with van der Waals surface area (Å²) >= 11 is 0. The van der Waals surface area contributed by atoms with Gasteiger partial charge in [-0.1, -0.05) is 32.0 Å². The van der Waals surface area contributed by atoms with Gasteiger partial charge in [-0.15, -0.1) is 0 Å². The summed E-state index contributed by atoms with van der Waals surface area (Å²) in [4.78, 5) is 14.9. The number of sulfonamides is 1. The minimum absolute atomic E-state index is 0.121. The summed E-state index contributed by atoms with van der Waals surface area (Å²) in [6.45, 7) is 6.83. The number of amides is 1. The van der Waals surface area contributed by atoms with Crippen LogP contribution in [0.25, 0.3) is 11.1 Å². The Morgan fingerprint density at radius 1 is 1.11 bits per heavy atom. The summed E-state index contributed by atoms with van der Waals surface area (Å²) in [6.07, 6.45) is 3.03. The molecule has 5 nitrogen and oxygen atoms in total. The number of rotatable bonds is 6. The van der Waals surface area contributed by atoms with Crippen LogP contribution in [-0.2, 0) is 16.6 Å². The molecule has 3 rings (SSSR count). The van der Waals surface area contributed by atoms with Crippen molar-refractivity contribution in [3.05, 3.63) is 53.1 Å². The summed E-state index contributed by atoms with van der Waals surface area (Å²) in [6, 6.07) is 11.6. The molecule has 1 aliphatic rings. The van der Waals surface area contributed by atoms with Gasteiger partial charge in [-0.3, -0.25) is 9.52 Å². The number of carbonyl (C=O) groups is 1. The van der Waals surface area contributed by atoms with E-state index in [-0.39, 0.29) is 11.9 Å². The Labute approximate surface area is 161 Å². The first-order chi connectivity index (χ1) is 12.7. The molecular weight excluding hydrogens is 360 g/mol. The van der Waals surface area contributed by atoms with Gasteiger partial charge < -0.3 is 4.90 Å². The molecule has 27 heavy (non-hydrogen) atoms. The first-order valence-corrected chi connectivity index (χ1v) is 11.1. The molecule has 1 amide bonds. The highest BCUT2D eigenvalue weighted by Gasteiger charge is 2.32. The van der Waals surface area contributed by atoms with Crippen LogP contribution in [0.1, 0.15) is 48.2 Å². The van der Waals surface area contributed by atoms with Crippen molar-refractivity contribution in [2.45, 2.75) is 46.2 Å². The summed E-state index contributed by atoms with van der Waals surface area (Å²) in [5.41, 5.74) is 5.26. The molecule has 0 atom stereocenters. The van der Waals surface area contributed by atoms with Crippen LogP contribution in [0.3, 0.4) is 0 Å². The van der Waals surface area contributed by atoms with Gasteiger partial charge in [0.2, 0.25) is 10.0 Å². The van der Waals surface area contributed by atoms with Gasteiger partial charge in [0.1, 0.15) is 0 Å². The molecule has 1 heterocycles. The van der Waals surface area contributed by atoms with Crippen LogP contribution in [0, 0.1) is 6.92 Å². The van der Waals surface area contributed by atoms with E-state index in [9.17, 15) is 13.2 Å². The van der Waals surface area contributed by atoms with Crippen molar-refractivity contribution >= 4 is 21.6 Å². The van der Waals surface area contributed by atoms with Crippen molar-refractivity contribution in [1.82, 2.24) is 4.90 Å². The lowest BCUT2D eigenvalue weighted by molar-refractivity contribution is 0.0692. The molecule has 0 aromatic heterocycles. The van der Waals surface area contributed by atoms with Crippen molar-refractivity contribution in [3.63, 3.8) is 0 Å². The maximum atomic E-state index is 12.9. The molecule has 0 aliphatic carbocycles. The molecule has 2 aromatic rings. The lowest BCUT2D eigenvalue weighted by Crippen LogP contribution is -2.34. The van der Waals surface area contributed by atoms with E-state index in [1.807, 2.05) is 36.1 Å². The molecule has 0 saturated heterocycles. The van der Waals surface area contributed by atoms with Crippen LogP contribution in [0.5, 0.6) is 0 Å². The van der Waals surface area contributed by atoms with Crippen LogP contribution >= 0.6 is 0 Å². The highest BCUT2D eigenvalue weighted by molar-refractivity contribution is 7.92. The summed E-state index contributed by atoms with van der Waals surface area (Å²) in [7, 11) is -3.33. The molecule has 1 aliphatic heterocycles. The highest BCUT2D eigenvalue weighted by atomic mass is 32.2. The zero-order chi connectivity index (χ0) is 19.8. The average molecular weight is 387 g/mol. The molecule has 1 N–H and O–H groups in total. The van der Waals surface area contributed by atoms with Gasteiger partial charge in [-0.25, -0.2) is 8.42 Å². The van der Waals surface area contributed by atoms with Crippen LogP contribution in [0.2, 0.25) is 0 Å². The normalized spacial score (nSPS) is 14.0. The topological polar surface area (TPSA) is 66.5 Å². The SMILES string of the molecule is CCC(CC)N1Cc2cc(-c3cccc(NS(C)(=O)=O)c3)cc(C)c2C1=O. The number of anilines is 1. The number of fused-ring (bicyclic) bond motifs is 1. The molecule has 0 unspecified atom stereocenters. The summed E-state index contributed by atoms with van der Waals surface area (Å²) in [5.74, 6) is 0.121. The Morgan fingerprint density at radius 2 is 1.81 bits per heavy atom. The van der Waals surface area contributed by atoms with E-state index in [0.29, 0.717) is 12.2 Å². The number of hydrogen-bond acceptors (Lipinski definition) is 3. The molecule has 6 heteroatoms. The van der Waals surface area contributed by atoms with Gasteiger partial charge in [-0.2, -0.15) is 0 Å². The van der Waals surface area contributed by atoms with Crippen LogP contribution < -0.4 is 4.72 Å². The molecule has 144 valence electrons. The second-order valence-electron chi connectivity index (χ2n) is 7.19. The lowest BCUT2D eigenvalue weighted by Gasteiger charge is -2.25. The number of nitrogens with one attached hydrogen (secondary N) is 1. The molecule has 0 radical (unpaired) electrons. The maximum Gasteiger partial charge on any atom is 0.255 e. The quantitative estimate of drug-likeness (QED) is 0.810. The standard InChI is InChI=1S/C21H26N2O3S/c1-5-19(6-2)23-13-17-11-16(10-14(3)20(17)21(23)24)15-8-7-9-18(12-15)22-27(4,25)26/h7-12,19,22H,5-6,13H2,1-4H3. The third-order valence-electron chi connectivity index (χ3n) is 5.12. The van der Waals surface area contributed by atoms with Crippen molar-refractivity contribution in [3.8, 4) is 11.1 Å². The van der Waals surface area contributed by atoms with Gasteiger partial charge in [-0.05, 0) is 60.2 Å². The molecule has 0 bridgehead atoms. The summed E-state index contributed by atoms with van der Waals surface area (Å²) < 4.78 is 25.5. The number of aryl methyl sites for hydroxylation is 1. The fraction of sp³-hybridized carbons (Fsp3) is 0.381. The minimum atomic E-state index is -3.33. The highest BCUT2D eigenvalue weighted by Crippen LogP contribution is 2.34. The molecular formula is C21H26N2O3S. The maximum absolute atomic E-state index is 12.9. The lowest BCUT2D eigenvalue weighted by atomic mass is 9.96. The third-order valence-corrected chi connectivity index (χ3v) is 5.72. The fourth-order valence-corrected chi connectivity index (χ4v) is 4.41. The monoisotopic (exact) mass is 386 g/mol. The second kappa shape index (κ2) is 7.35. The van der Waals surface area contributed by atoms with Crippen molar-refractivity contribution < 1.29 is 13.2 Å². The summed E-state index contributed by atoms with van der Waals surface area (Å²) in [5, 5.41) is 0. The zero-order valence-electron chi connectivity index (χ0n) is 16.2. The van der Waals surface area contributed by atoms with E-state index in [2.05, 4.69) is 24.6 Å². The van der Waals surface area contributed by atoms with Crippen molar-refractivity contribution in [2.75, 3.05) is 11.0 Å². The van der Waals surface area contributed by atoms with Gasteiger partial charge in [0, 0.05) is 23.8 Å². The smallest absolute Gasteiger partial charge is 0.255 e. The Balaban J connectivity index is 1.98. The first-order valence-electron chi connectivity index (χ1n) is 9.26. The van der Waals surface area contributed by atoms with E-state index in [4.69, 9.17) is 0 Å². The van der Waals surface area contributed by atoms with Crippen molar-refractivity contribution in [1.29, 1.82) is 0 Å². The zero-order valence-corrected chi connectivity index (χ0v) is 17.1. The van der Waals surface area contributed by atoms with Gasteiger partial charge in [0.15, 0.2) is 0 Å². The van der Waals surface area contributed by atoms with E-state index in [0.717, 1.165) is 46.9 Å². The van der Waals surface area contributed by atoms with Crippen molar-refractivity contribution in [2.24, 2.45) is 0 Å². The van der Waals surface area contributed by atoms with Gasteiger partial charge in [0.25, 0.3) is 5.91 Å². The Bertz CT molecular complexity index is 979.